The van der Waals surface area contributed by atoms with Gasteiger partial charge in [-0.3, -0.25) is 9.59 Å². The molecule has 1 heterocycles. The van der Waals surface area contributed by atoms with Gasteiger partial charge >= 0.3 is 0 Å². The van der Waals surface area contributed by atoms with E-state index in [1.54, 1.807) is 18.2 Å². The number of aliphatic hydroxyl groups excluding tert-OH is 1. The highest BCUT2D eigenvalue weighted by Crippen LogP contribution is 2.41. The topological polar surface area (TPSA) is 81.1 Å². The summed E-state index contributed by atoms with van der Waals surface area (Å²) in [5, 5.41) is 20.9. The van der Waals surface area contributed by atoms with E-state index in [9.17, 15) is 24.2 Å². The highest BCUT2D eigenvalue weighted by Gasteiger charge is 2.46. The van der Waals surface area contributed by atoms with Crippen LogP contribution >= 0.6 is 0 Å². The lowest BCUT2D eigenvalue weighted by atomic mass is 9.94. The average Bonchev–Trinajstić information content (AvgIpc) is 2.91. The van der Waals surface area contributed by atoms with Gasteiger partial charge in [-0.25, -0.2) is 4.39 Å². The number of phenolic OH excluding ortho intramolecular Hbond substituents is 1. The molecule has 7 heteroatoms. The number of halogens is 1. The van der Waals surface area contributed by atoms with Crippen LogP contribution in [0, 0.1) is 5.82 Å². The van der Waals surface area contributed by atoms with Crippen molar-refractivity contribution in [3.8, 4) is 5.75 Å². The van der Waals surface area contributed by atoms with Crippen molar-refractivity contribution in [2.75, 3.05) is 27.2 Å². The number of benzene rings is 2. The summed E-state index contributed by atoms with van der Waals surface area (Å²) < 4.78 is 14.6. The molecule has 2 aromatic carbocycles. The molecule has 0 saturated carbocycles. The molecule has 28 heavy (non-hydrogen) atoms. The predicted octanol–water partition coefficient (Wildman–Crippen LogP) is 2.51. The first kappa shape index (κ1) is 19.6. The molecule has 1 saturated heterocycles. The monoisotopic (exact) mass is 384 g/mol. The molecule has 0 bridgehead atoms. The number of para-hydroxylation sites is 1. The highest BCUT2D eigenvalue weighted by molar-refractivity contribution is 6.46. The van der Waals surface area contributed by atoms with Gasteiger partial charge in [0.15, 0.2) is 0 Å². The van der Waals surface area contributed by atoms with Gasteiger partial charge in [0.05, 0.1) is 17.2 Å². The van der Waals surface area contributed by atoms with Crippen molar-refractivity contribution in [2.24, 2.45) is 0 Å². The van der Waals surface area contributed by atoms with Crippen LogP contribution in [0.5, 0.6) is 5.75 Å². The van der Waals surface area contributed by atoms with E-state index in [0.717, 1.165) is 0 Å². The van der Waals surface area contributed by atoms with Crippen LogP contribution in [0.3, 0.4) is 0 Å². The van der Waals surface area contributed by atoms with E-state index >= 15 is 0 Å². The Balaban J connectivity index is 2.20. The van der Waals surface area contributed by atoms with Crippen LogP contribution in [0.25, 0.3) is 5.76 Å². The maximum atomic E-state index is 14.6. The lowest BCUT2D eigenvalue weighted by Gasteiger charge is -2.26. The fourth-order valence-electron chi connectivity index (χ4n) is 3.26. The number of aromatic hydroxyl groups is 1. The summed E-state index contributed by atoms with van der Waals surface area (Å²) in [5.74, 6) is -3.09. The normalized spacial score (nSPS) is 18.9. The van der Waals surface area contributed by atoms with Crippen molar-refractivity contribution in [1.29, 1.82) is 0 Å². The molecule has 2 aromatic rings. The summed E-state index contributed by atoms with van der Waals surface area (Å²) in [7, 11) is 3.63. The number of carbonyl (C=O) groups excluding carboxylic acids is 2. The van der Waals surface area contributed by atoms with Crippen LogP contribution in [0.15, 0.2) is 54.1 Å². The number of hydrogen-bond acceptors (Lipinski definition) is 5. The molecule has 0 radical (unpaired) electrons. The second-order valence-corrected chi connectivity index (χ2v) is 6.83. The molecule has 146 valence electrons. The molecule has 1 aliphatic heterocycles. The highest BCUT2D eigenvalue weighted by atomic mass is 19.1. The second kappa shape index (κ2) is 7.82. The van der Waals surface area contributed by atoms with Crippen LogP contribution in [-0.4, -0.2) is 58.9 Å². The number of rotatable bonds is 5. The zero-order chi connectivity index (χ0) is 20.4. The summed E-state index contributed by atoms with van der Waals surface area (Å²) in [6, 6.07) is 10.7. The maximum absolute atomic E-state index is 14.6. The number of amides is 1. The Morgan fingerprint density at radius 2 is 1.75 bits per heavy atom. The molecule has 3 rings (SSSR count). The van der Waals surface area contributed by atoms with Gasteiger partial charge in [0.2, 0.25) is 0 Å². The zero-order valence-corrected chi connectivity index (χ0v) is 15.6. The number of nitrogens with zero attached hydrogens (tertiary/aromatic N) is 2. The first-order valence-corrected chi connectivity index (χ1v) is 8.79. The molecule has 0 aromatic heterocycles. The van der Waals surface area contributed by atoms with Gasteiger partial charge < -0.3 is 20.0 Å². The molecule has 0 aliphatic carbocycles. The number of likely N-dealkylation sites (N-methyl/N-ethyl adjacent to an activating group) is 1. The maximum Gasteiger partial charge on any atom is 0.295 e. The van der Waals surface area contributed by atoms with Gasteiger partial charge in [-0.05, 0) is 32.3 Å². The first-order chi connectivity index (χ1) is 13.3. The van der Waals surface area contributed by atoms with Gasteiger partial charge in [0.1, 0.15) is 17.3 Å². The SMILES string of the molecule is CN(C)CCN1C(=O)C(=O)/C(=C(\O)c2ccccc2O)C1c1ccccc1F. The van der Waals surface area contributed by atoms with E-state index in [4.69, 9.17) is 0 Å². The summed E-state index contributed by atoms with van der Waals surface area (Å²) >= 11 is 0. The smallest absolute Gasteiger partial charge is 0.295 e. The number of carbonyl (C=O) groups is 2. The average molecular weight is 384 g/mol. The van der Waals surface area contributed by atoms with Gasteiger partial charge in [-0.15, -0.1) is 0 Å². The van der Waals surface area contributed by atoms with E-state index in [0.29, 0.717) is 6.54 Å². The Morgan fingerprint density at radius 3 is 2.39 bits per heavy atom. The minimum Gasteiger partial charge on any atom is -0.507 e. The van der Waals surface area contributed by atoms with E-state index < -0.39 is 29.3 Å². The van der Waals surface area contributed by atoms with Crippen LogP contribution in [0.4, 0.5) is 4.39 Å². The Hall–Kier alpha value is -3.19. The summed E-state index contributed by atoms with van der Waals surface area (Å²) in [5.41, 5.74) is -0.123. The summed E-state index contributed by atoms with van der Waals surface area (Å²) in [4.78, 5) is 28.5. The largest absolute Gasteiger partial charge is 0.507 e. The lowest BCUT2D eigenvalue weighted by Crippen LogP contribution is -2.35. The second-order valence-electron chi connectivity index (χ2n) is 6.83. The van der Waals surface area contributed by atoms with Crippen molar-refractivity contribution < 1.29 is 24.2 Å². The van der Waals surface area contributed by atoms with Gasteiger partial charge in [0.25, 0.3) is 11.7 Å². The van der Waals surface area contributed by atoms with Crippen LogP contribution in [-0.2, 0) is 9.59 Å². The minimum absolute atomic E-state index is 0.00875. The Bertz CT molecular complexity index is 955. The molecule has 1 atom stereocenters. The van der Waals surface area contributed by atoms with Crippen molar-refractivity contribution in [3.63, 3.8) is 0 Å². The quantitative estimate of drug-likeness (QED) is 0.470. The van der Waals surface area contributed by atoms with Crippen molar-refractivity contribution in [2.45, 2.75) is 6.04 Å². The lowest BCUT2D eigenvalue weighted by molar-refractivity contribution is -0.140. The van der Waals surface area contributed by atoms with Crippen molar-refractivity contribution >= 4 is 17.4 Å². The molecule has 6 nitrogen and oxygen atoms in total. The Morgan fingerprint density at radius 1 is 1.11 bits per heavy atom. The van der Waals surface area contributed by atoms with E-state index in [1.165, 1.54) is 35.2 Å². The predicted molar refractivity (Wildman–Crippen MR) is 102 cm³/mol. The Kier molecular flexibility index (Phi) is 5.46. The molecule has 1 unspecified atom stereocenters. The summed E-state index contributed by atoms with van der Waals surface area (Å²) in [6.45, 7) is 0.628. The van der Waals surface area contributed by atoms with Crippen molar-refractivity contribution in [3.05, 3.63) is 71.0 Å². The minimum atomic E-state index is -1.08. The molecule has 1 fully saturated rings. The number of hydrogen-bond donors (Lipinski definition) is 2. The van der Waals surface area contributed by atoms with E-state index in [1.807, 2.05) is 19.0 Å². The van der Waals surface area contributed by atoms with Gasteiger partial charge in [-0.1, -0.05) is 30.3 Å². The molecule has 1 aliphatic rings. The Labute approximate surface area is 162 Å². The summed E-state index contributed by atoms with van der Waals surface area (Å²) in [6.07, 6.45) is 0. The van der Waals surface area contributed by atoms with E-state index in [-0.39, 0.29) is 29.0 Å². The fraction of sp³-hybridized carbons (Fsp3) is 0.238. The molecule has 0 spiro atoms. The number of ketones is 1. The molecular weight excluding hydrogens is 363 g/mol. The molecule has 1 amide bonds. The van der Waals surface area contributed by atoms with Crippen LogP contribution in [0.1, 0.15) is 17.2 Å². The third-order valence-corrected chi connectivity index (χ3v) is 4.69. The molecular formula is C21H21FN2O4. The van der Waals surface area contributed by atoms with Gasteiger partial charge in [0, 0.05) is 18.7 Å². The standard InChI is InChI=1S/C21H21FN2O4/c1-23(2)11-12-24-18(13-7-3-5-9-15(13)22)17(20(27)21(24)28)19(26)14-8-4-6-10-16(14)25/h3-10,18,25-26H,11-12H2,1-2H3/b19-17-. The van der Waals surface area contributed by atoms with E-state index in [2.05, 4.69) is 0 Å². The number of aliphatic hydroxyl groups is 1. The van der Waals surface area contributed by atoms with Crippen LogP contribution in [0.2, 0.25) is 0 Å². The number of Topliss-reactive ketones (excluding diaryl/α,β-unsaturated/α-hetero) is 1. The van der Waals surface area contributed by atoms with Crippen molar-refractivity contribution in [1.82, 2.24) is 9.80 Å². The number of phenols is 1. The number of likely N-dealkylation sites (tertiary alicyclic amines) is 1. The first-order valence-electron chi connectivity index (χ1n) is 8.79. The third-order valence-electron chi connectivity index (χ3n) is 4.69. The molecule has 2 N–H and O–H groups in total. The zero-order valence-electron chi connectivity index (χ0n) is 15.6. The fourth-order valence-corrected chi connectivity index (χ4v) is 3.26. The third kappa shape index (κ3) is 3.48. The van der Waals surface area contributed by atoms with Crippen LogP contribution < -0.4 is 0 Å². The van der Waals surface area contributed by atoms with Gasteiger partial charge in [-0.2, -0.15) is 0 Å².